The van der Waals surface area contributed by atoms with Crippen molar-refractivity contribution in [2.45, 2.75) is 39.2 Å². The van der Waals surface area contributed by atoms with Crippen LogP contribution in [0.4, 0.5) is 5.69 Å². The van der Waals surface area contributed by atoms with E-state index < -0.39 is 0 Å². The van der Waals surface area contributed by atoms with Crippen LogP contribution in [0.15, 0.2) is 24.3 Å². The maximum Gasteiger partial charge on any atom is 0.293 e. The molecule has 5 heteroatoms. The number of rotatable bonds is 4. The molecule has 0 spiro atoms. The number of anilines is 1. The Balaban J connectivity index is 0.000000315. The van der Waals surface area contributed by atoms with E-state index in [4.69, 9.17) is 18.0 Å². The molecule has 1 fully saturated rings. The average molecular weight is 308 g/mol. The van der Waals surface area contributed by atoms with Gasteiger partial charge in [-0.25, -0.2) is 0 Å². The number of hydrogen-bond donors (Lipinski definition) is 1. The lowest BCUT2D eigenvalue weighted by Crippen LogP contribution is -2.29. The third-order valence-corrected chi connectivity index (χ3v) is 3.44. The van der Waals surface area contributed by atoms with Gasteiger partial charge in [0.25, 0.3) is 6.47 Å². The summed E-state index contributed by atoms with van der Waals surface area (Å²) < 4.78 is 4.36. The fourth-order valence-electron chi connectivity index (χ4n) is 2.10. The smallest absolute Gasteiger partial charge is 0.293 e. The van der Waals surface area contributed by atoms with Crippen molar-refractivity contribution in [3.63, 3.8) is 0 Å². The first-order valence-electron chi connectivity index (χ1n) is 7.28. The quantitative estimate of drug-likeness (QED) is 0.684. The van der Waals surface area contributed by atoms with Crippen molar-refractivity contribution < 1.29 is 9.53 Å². The SMILES string of the molecule is CC(C)OC=O.NC(=S)c1ccc(N2CCCCC2)cc1. The van der Waals surface area contributed by atoms with Gasteiger partial charge in [0.2, 0.25) is 0 Å². The molecular formula is C16H24N2O2S. The number of carbonyl (C=O) groups is 1. The molecule has 0 amide bonds. The highest BCUT2D eigenvalue weighted by molar-refractivity contribution is 7.80. The third kappa shape index (κ3) is 6.58. The number of piperidine rings is 1. The van der Waals surface area contributed by atoms with E-state index in [0.717, 1.165) is 5.56 Å². The second-order valence-corrected chi connectivity index (χ2v) is 5.68. The Bertz CT molecular complexity index is 440. The fraction of sp³-hybridized carbons (Fsp3) is 0.500. The number of hydrogen-bond acceptors (Lipinski definition) is 4. The van der Waals surface area contributed by atoms with Gasteiger partial charge >= 0.3 is 0 Å². The van der Waals surface area contributed by atoms with E-state index in [2.05, 4.69) is 21.8 Å². The Labute approximate surface area is 132 Å². The summed E-state index contributed by atoms with van der Waals surface area (Å²) in [5, 5.41) is 0. The normalized spacial score (nSPS) is 14.1. The number of nitrogens with zero attached hydrogens (tertiary/aromatic N) is 1. The van der Waals surface area contributed by atoms with Crippen molar-refractivity contribution in [3.05, 3.63) is 29.8 Å². The van der Waals surface area contributed by atoms with Crippen LogP contribution in [0.3, 0.4) is 0 Å². The maximum atomic E-state index is 9.39. The van der Waals surface area contributed by atoms with Gasteiger partial charge in [-0.2, -0.15) is 0 Å². The molecule has 1 aliphatic rings. The van der Waals surface area contributed by atoms with E-state index in [-0.39, 0.29) is 6.10 Å². The van der Waals surface area contributed by atoms with E-state index in [1.165, 1.54) is 38.0 Å². The number of thiocarbonyl (C=S) groups is 1. The lowest BCUT2D eigenvalue weighted by Gasteiger charge is -2.28. The minimum atomic E-state index is 0.0301. The molecule has 1 heterocycles. The van der Waals surface area contributed by atoms with E-state index >= 15 is 0 Å². The minimum absolute atomic E-state index is 0.0301. The predicted octanol–water partition coefficient (Wildman–Crippen LogP) is 2.88. The Hall–Kier alpha value is -1.62. The fourth-order valence-corrected chi connectivity index (χ4v) is 2.24. The summed E-state index contributed by atoms with van der Waals surface area (Å²) in [6.07, 6.45) is 4.00. The Morgan fingerprint density at radius 1 is 1.24 bits per heavy atom. The molecule has 1 saturated heterocycles. The molecule has 1 aliphatic heterocycles. The summed E-state index contributed by atoms with van der Waals surface area (Å²) in [5.41, 5.74) is 7.80. The van der Waals surface area contributed by atoms with Crippen LogP contribution in [0, 0.1) is 0 Å². The molecular weight excluding hydrogens is 284 g/mol. The highest BCUT2D eigenvalue weighted by Gasteiger charge is 2.10. The first kappa shape index (κ1) is 17.4. The van der Waals surface area contributed by atoms with Crippen molar-refractivity contribution in [1.29, 1.82) is 0 Å². The number of carbonyl (C=O) groups excluding carboxylic acids is 1. The topological polar surface area (TPSA) is 55.6 Å². The van der Waals surface area contributed by atoms with Gasteiger partial charge in [-0.1, -0.05) is 12.2 Å². The van der Waals surface area contributed by atoms with E-state index in [9.17, 15) is 4.79 Å². The molecule has 0 aromatic heterocycles. The molecule has 2 N–H and O–H groups in total. The van der Waals surface area contributed by atoms with E-state index in [1.54, 1.807) is 13.8 Å². The molecule has 0 radical (unpaired) electrons. The van der Waals surface area contributed by atoms with Crippen molar-refractivity contribution >= 4 is 29.4 Å². The molecule has 1 aromatic rings. The van der Waals surface area contributed by atoms with Crippen LogP contribution in [0.5, 0.6) is 0 Å². The standard InChI is InChI=1S/C12H16N2S.C4H8O2/c13-12(15)10-4-6-11(7-5-10)14-8-2-1-3-9-14;1-4(2)6-3-5/h4-7H,1-3,8-9H2,(H2,13,15);3-4H,1-2H3. The van der Waals surface area contributed by atoms with Crippen molar-refractivity contribution in [3.8, 4) is 0 Å². The second-order valence-electron chi connectivity index (χ2n) is 5.24. The van der Waals surface area contributed by atoms with Gasteiger partial charge in [-0.3, -0.25) is 4.79 Å². The molecule has 1 aromatic carbocycles. The summed E-state index contributed by atoms with van der Waals surface area (Å²) in [6, 6.07) is 8.23. The Morgan fingerprint density at radius 2 is 1.81 bits per heavy atom. The molecule has 0 unspecified atom stereocenters. The largest absolute Gasteiger partial charge is 0.465 e. The molecule has 0 atom stereocenters. The van der Waals surface area contributed by atoms with Crippen molar-refractivity contribution in [1.82, 2.24) is 0 Å². The van der Waals surface area contributed by atoms with E-state index in [0.29, 0.717) is 11.5 Å². The van der Waals surface area contributed by atoms with Gasteiger partial charge in [0, 0.05) is 24.3 Å². The molecule has 0 aliphatic carbocycles. The van der Waals surface area contributed by atoms with Crippen LogP contribution in [-0.2, 0) is 9.53 Å². The van der Waals surface area contributed by atoms with Crippen LogP contribution in [0.25, 0.3) is 0 Å². The summed E-state index contributed by atoms with van der Waals surface area (Å²) in [6.45, 7) is 6.40. The highest BCUT2D eigenvalue weighted by atomic mass is 32.1. The monoisotopic (exact) mass is 308 g/mol. The van der Waals surface area contributed by atoms with E-state index in [1.807, 2.05) is 12.1 Å². The van der Waals surface area contributed by atoms with Gasteiger partial charge < -0.3 is 15.4 Å². The lowest BCUT2D eigenvalue weighted by atomic mass is 10.1. The summed E-state index contributed by atoms with van der Waals surface area (Å²) >= 11 is 4.93. The first-order chi connectivity index (χ1) is 10.0. The lowest BCUT2D eigenvalue weighted by molar-refractivity contribution is -0.131. The van der Waals surface area contributed by atoms with Gasteiger partial charge in [0.05, 0.1) is 6.10 Å². The highest BCUT2D eigenvalue weighted by Crippen LogP contribution is 2.20. The molecule has 0 bridgehead atoms. The number of nitrogens with two attached hydrogens (primary N) is 1. The van der Waals surface area contributed by atoms with Crippen molar-refractivity contribution in [2.24, 2.45) is 5.73 Å². The van der Waals surface area contributed by atoms with Gasteiger partial charge in [0.15, 0.2) is 0 Å². The predicted molar refractivity (Wildman–Crippen MR) is 90.7 cm³/mol. The molecule has 4 nitrogen and oxygen atoms in total. The summed E-state index contributed by atoms with van der Waals surface area (Å²) in [5.74, 6) is 0. The first-order valence-corrected chi connectivity index (χ1v) is 7.69. The van der Waals surface area contributed by atoms with Gasteiger partial charge in [0.1, 0.15) is 4.99 Å². The number of benzene rings is 1. The van der Waals surface area contributed by atoms with Gasteiger partial charge in [-0.15, -0.1) is 0 Å². The third-order valence-electron chi connectivity index (χ3n) is 3.20. The Morgan fingerprint density at radius 3 is 2.19 bits per heavy atom. The summed E-state index contributed by atoms with van der Waals surface area (Å²) in [7, 11) is 0. The molecule has 116 valence electrons. The van der Waals surface area contributed by atoms with Crippen LogP contribution >= 0.6 is 12.2 Å². The zero-order chi connectivity index (χ0) is 15.7. The number of ether oxygens (including phenoxy) is 1. The maximum absolute atomic E-state index is 9.39. The minimum Gasteiger partial charge on any atom is -0.465 e. The molecule has 0 saturated carbocycles. The summed E-state index contributed by atoms with van der Waals surface area (Å²) in [4.78, 5) is 12.3. The Kier molecular flexibility index (Phi) is 7.75. The van der Waals surface area contributed by atoms with Gasteiger partial charge in [-0.05, 0) is 57.4 Å². The van der Waals surface area contributed by atoms with Crippen LogP contribution < -0.4 is 10.6 Å². The van der Waals surface area contributed by atoms with Crippen LogP contribution in [0.1, 0.15) is 38.7 Å². The van der Waals surface area contributed by atoms with Crippen molar-refractivity contribution in [2.75, 3.05) is 18.0 Å². The van der Waals surface area contributed by atoms with Crippen LogP contribution in [-0.4, -0.2) is 30.7 Å². The van der Waals surface area contributed by atoms with Crippen LogP contribution in [0.2, 0.25) is 0 Å². The zero-order valence-corrected chi connectivity index (χ0v) is 13.6. The second kappa shape index (κ2) is 9.34. The molecule has 21 heavy (non-hydrogen) atoms. The average Bonchev–Trinajstić information content (AvgIpc) is 2.49. The zero-order valence-electron chi connectivity index (χ0n) is 12.7. The molecule has 2 rings (SSSR count).